The summed E-state index contributed by atoms with van der Waals surface area (Å²) in [6.07, 6.45) is 1.47. The third-order valence-electron chi connectivity index (χ3n) is 2.37. The van der Waals surface area contributed by atoms with Crippen molar-refractivity contribution in [2.75, 3.05) is 20.7 Å². The Morgan fingerprint density at radius 1 is 1.44 bits per heavy atom. The van der Waals surface area contributed by atoms with Crippen molar-refractivity contribution in [1.82, 2.24) is 4.31 Å². The third kappa shape index (κ3) is 2.77. The molecule has 0 radical (unpaired) electrons. The number of sulfonamides is 1. The number of esters is 1. The molecule has 0 heterocycles. The second kappa shape index (κ2) is 5.79. The molecule has 0 aliphatic carbocycles. The lowest BCUT2D eigenvalue weighted by Gasteiger charge is -2.16. The summed E-state index contributed by atoms with van der Waals surface area (Å²) in [6, 6.07) is 5.93. The number of nitrogens with zero attached hydrogens (tertiary/aromatic N) is 1. The number of carbonyl (C=O) groups is 1. The van der Waals surface area contributed by atoms with E-state index in [-0.39, 0.29) is 17.0 Å². The Morgan fingerprint density at radius 2 is 2.06 bits per heavy atom. The largest absolute Gasteiger partial charge is 0.465 e. The molecule has 1 aromatic rings. The molecule has 0 fully saturated rings. The van der Waals surface area contributed by atoms with E-state index in [4.69, 9.17) is 0 Å². The molecular formula is C12H15NO4S. The molecule has 5 nitrogen and oxygen atoms in total. The summed E-state index contributed by atoms with van der Waals surface area (Å²) in [6.45, 7) is 3.65. The summed E-state index contributed by atoms with van der Waals surface area (Å²) in [4.78, 5) is 11.5. The fraction of sp³-hybridized carbons (Fsp3) is 0.250. The van der Waals surface area contributed by atoms with Crippen molar-refractivity contribution in [2.24, 2.45) is 0 Å². The molecule has 0 aliphatic rings. The molecule has 0 amide bonds. The van der Waals surface area contributed by atoms with Crippen molar-refractivity contribution in [3.63, 3.8) is 0 Å². The number of likely N-dealkylation sites (N-methyl/N-ethyl adjacent to an activating group) is 1. The average molecular weight is 269 g/mol. The number of hydrogen-bond acceptors (Lipinski definition) is 4. The zero-order valence-corrected chi connectivity index (χ0v) is 11.1. The van der Waals surface area contributed by atoms with Crippen LogP contribution in [0.25, 0.3) is 0 Å². The Bertz CT molecular complexity index is 551. The first kappa shape index (κ1) is 14.4. The maximum atomic E-state index is 12.2. The summed E-state index contributed by atoms with van der Waals surface area (Å²) in [7, 11) is -1.10. The van der Waals surface area contributed by atoms with Crippen LogP contribution in [-0.2, 0) is 14.8 Å². The highest BCUT2D eigenvalue weighted by atomic mass is 32.2. The predicted octanol–water partition coefficient (Wildman–Crippen LogP) is 1.28. The second-order valence-electron chi connectivity index (χ2n) is 3.56. The van der Waals surface area contributed by atoms with Gasteiger partial charge in [0.05, 0.1) is 17.6 Å². The quantitative estimate of drug-likeness (QED) is 0.596. The van der Waals surface area contributed by atoms with Gasteiger partial charge in [0.1, 0.15) is 0 Å². The Kier molecular flexibility index (Phi) is 4.63. The number of ether oxygens (including phenoxy) is 1. The molecule has 0 bridgehead atoms. The van der Waals surface area contributed by atoms with Gasteiger partial charge >= 0.3 is 5.97 Å². The van der Waals surface area contributed by atoms with E-state index in [9.17, 15) is 13.2 Å². The van der Waals surface area contributed by atoms with Gasteiger partial charge in [-0.3, -0.25) is 0 Å². The lowest BCUT2D eigenvalue weighted by molar-refractivity contribution is 0.0596. The molecular weight excluding hydrogens is 254 g/mol. The van der Waals surface area contributed by atoms with Gasteiger partial charge in [-0.2, -0.15) is 4.31 Å². The summed E-state index contributed by atoms with van der Waals surface area (Å²) >= 11 is 0. The highest BCUT2D eigenvalue weighted by Crippen LogP contribution is 2.19. The standard InChI is InChI=1S/C12H15NO4S/c1-4-9-13(2)18(15,16)11-8-6-5-7-10(11)12(14)17-3/h4-8H,1,9H2,2-3H3. The zero-order valence-electron chi connectivity index (χ0n) is 10.3. The lowest BCUT2D eigenvalue weighted by Crippen LogP contribution is -2.28. The van der Waals surface area contributed by atoms with Crippen LogP contribution >= 0.6 is 0 Å². The smallest absolute Gasteiger partial charge is 0.339 e. The van der Waals surface area contributed by atoms with Crippen LogP contribution in [0.15, 0.2) is 41.8 Å². The highest BCUT2D eigenvalue weighted by Gasteiger charge is 2.25. The number of methoxy groups -OCH3 is 1. The minimum atomic E-state index is -3.73. The van der Waals surface area contributed by atoms with Crippen LogP contribution in [0, 0.1) is 0 Å². The number of carbonyl (C=O) groups excluding carboxylic acids is 1. The Morgan fingerprint density at radius 3 is 2.61 bits per heavy atom. The van der Waals surface area contributed by atoms with E-state index in [2.05, 4.69) is 11.3 Å². The summed E-state index contributed by atoms with van der Waals surface area (Å²) in [5.74, 6) is -0.679. The maximum absolute atomic E-state index is 12.2. The fourth-order valence-corrected chi connectivity index (χ4v) is 2.74. The molecule has 0 aromatic heterocycles. The molecule has 0 spiro atoms. The predicted molar refractivity (Wildman–Crippen MR) is 67.8 cm³/mol. The average Bonchev–Trinajstić information content (AvgIpc) is 2.38. The van der Waals surface area contributed by atoms with E-state index in [1.165, 1.54) is 32.4 Å². The Labute approximate surface area is 107 Å². The SMILES string of the molecule is C=CCN(C)S(=O)(=O)c1ccccc1C(=O)OC. The Hall–Kier alpha value is -1.66. The van der Waals surface area contributed by atoms with Crippen LogP contribution < -0.4 is 0 Å². The van der Waals surface area contributed by atoms with Crippen molar-refractivity contribution in [3.8, 4) is 0 Å². The van der Waals surface area contributed by atoms with Gasteiger partial charge in [-0.1, -0.05) is 18.2 Å². The van der Waals surface area contributed by atoms with Gasteiger partial charge in [0, 0.05) is 13.6 Å². The molecule has 18 heavy (non-hydrogen) atoms. The van der Waals surface area contributed by atoms with Crippen LogP contribution in [0.2, 0.25) is 0 Å². The van der Waals surface area contributed by atoms with Gasteiger partial charge in [-0.15, -0.1) is 6.58 Å². The fourth-order valence-electron chi connectivity index (χ4n) is 1.42. The van der Waals surface area contributed by atoms with Gasteiger partial charge in [0.2, 0.25) is 10.0 Å². The normalized spacial score (nSPS) is 11.3. The van der Waals surface area contributed by atoms with Crippen molar-refractivity contribution in [1.29, 1.82) is 0 Å². The molecule has 0 N–H and O–H groups in total. The third-order valence-corrected chi connectivity index (χ3v) is 4.25. The van der Waals surface area contributed by atoms with E-state index >= 15 is 0 Å². The Balaban J connectivity index is 3.33. The van der Waals surface area contributed by atoms with E-state index in [0.717, 1.165) is 4.31 Å². The molecule has 1 rings (SSSR count). The molecule has 0 aliphatic heterocycles. The van der Waals surface area contributed by atoms with Crippen LogP contribution in [0.4, 0.5) is 0 Å². The molecule has 0 unspecified atom stereocenters. The van der Waals surface area contributed by atoms with Gasteiger partial charge in [0.25, 0.3) is 0 Å². The van der Waals surface area contributed by atoms with Crippen molar-refractivity contribution >= 4 is 16.0 Å². The number of rotatable bonds is 5. The molecule has 98 valence electrons. The summed E-state index contributed by atoms with van der Waals surface area (Å²) in [5.41, 5.74) is 0.0240. The van der Waals surface area contributed by atoms with Gasteiger partial charge in [-0.05, 0) is 12.1 Å². The minimum absolute atomic E-state index is 0.0240. The van der Waals surface area contributed by atoms with Crippen LogP contribution in [0.3, 0.4) is 0 Å². The van der Waals surface area contributed by atoms with Crippen molar-refractivity contribution < 1.29 is 17.9 Å². The minimum Gasteiger partial charge on any atom is -0.465 e. The molecule has 0 saturated carbocycles. The van der Waals surface area contributed by atoms with Crippen LogP contribution in [0.1, 0.15) is 10.4 Å². The van der Waals surface area contributed by atoms with E-state index in [1.54, 1.807) is 12.1 Å². The summed E-state index contributed by atoms with van der Waals surface area (Å²) < 4.78 is 30.1. The number of benzene rings is 1. The molecule has 0 saturated heterocycles. The lowest BCUT2D eigenvalue weighted by atomic mass is 10.2. The molecule has 6 heteroatoms. The first-order chi connectivity index (χ1) is 8.45. The van der Waals surface area contributed by atoms with Crippen molar-refractivity contribution in [2.45, 2.75) is 4.90 Å². The zero-order chi connectivity index (χ0) is 13.8. The first-order valence-corrected chi connectivity index (χ1v) is 6.63. The topological polar surface area (TPSA) is 63.7 Å². The van der Waals surface area contributed by atoms with Crippen LogP contribution in [-0.4, -0.2) is 39.4 Å². The number of hydrogen-bond donors (Lipinski definition) is 0. The molecule has 0 atom stereocenters. The van der Waals surface area contributed by atoms with Crippen LogP contribution in [0.5, 0.6) is 0 Å². The van der Waals surface area contributed by atoms with Crippen molar-refractivity contribution in [3.05, 3.63) is 42.5 Å². The monoisotopic (exact) mass is 269 g/mol. The highest BCUT2D eigenvalue weighted by molar-refractivity contribution is 7.89. The van der Waals surface area contributed by atoms with Gasteiger partial charge < -0.3 is 4.74 Å². The van der Waals surface area contributed by atoms with Gasteiger partial charge in [0.15, 0.2) is 0 Å². The van der Waals surface area contributed by atoms with Gasteiger partial charge in [-0.25, -0.2) is 13.2 Å². The first-order valence-electron chi connectivity index (χ1n) is 5.19. The maximum Gasteiger partial charge on any atom is 0.339 e. The van der Waals surface area contributed by atoms with E-state index in [0.29, 0.717) is 0 Å². The van der Waals surface area contributed by atoms with E-state index in [1.807, 2.05) is 0 Å². The second-order valence-corrected chi connectivity index (χ2v) is 5.58. The summed E-state index contributed by atoms with van der Waals surface area (Å²) in [5, 5.41) is 0. The van der Waals surface area contributed by atoms with E-state index < -0.39 is 16.0 Å². The molecule has 1 aromatic carbocycles.